The number of nitrogens with one attached hydrogen (secondary N) is 3. The lowest BCUT2D eigenvalue weighted by Gasteiger charge is -2.19. The molecule has 2 amide bonds. The number of hydrogen-bond acceptors (Lipinski definition) is 7. The fourth-order valence-corrected chi connectivity index (χ4v) is 6.11. The Balaban J connectivity index is 1.40. The smallest absolute Gasteiger partial charge is 0.239 e. The summed E-state index contributed by atoms with van der Waals surface area (Å²) in [6.45, 7) is 2.40. The number of fused-ring (bicyclic) bond motifs is 4. The maximum Gasteiger partial charge on any atom is 0.239 e. The molecule has 0 bridgehead atoms. The fourth-order valence-electron chi connectivity index (χ4n) is 5.76. The van der Waals surface area contributed by atoms with Crippen molar-refractivity contribution in [3.05, 3.63) is 80.6 Å². The van der Waals surface area contributed by atoms with Crippen molar-refractivity contribution in [1.29, 1.82) is 0 Å². The number of halogens is 1. The van der Waals surface area contributed by atoms with Gasteiger partial charge in [-0.1, -0.05) is 28.1 Å². The van der Waals surface area contributed by atoms with Crippen molar-refractivity contribution in [1.82, 2.24) is 15.2 Å². The third-order valence-electron chi connectivity index (χ3n) is 7.77. The van der Waals surface area contributed by atoms with E-state index in [2.05, 4.69) is 36.4 Å². The summed E-state index contributed by atoms with van der Waals surface area (Å²) in [4.78, 5) is 38.4. The largest absolute Gasteiger partial charge is 0.493 e. The Kier molecular flexibility index (Phi) is 9.43. The van der Waals surface area contributed by atoms with Crippen LogP contribution in [0.2, 0.25) is 0 Å². The standard InChI is InChI=1S/C33H35BrN4O6/c1-19(39)37-25-9-6-21-15-29(42-2)32(43-3)33(44-4)31(21)23-8-10-26(28(40)17-24(23)25)36-18-30(41)35-12-14-38-13-11-20-5-7-22(34)16-27(20)38/h5,7-8,10-11,13,15-17,25H,6,9,12,14,18H2,1-4H3,(H,35,41)(H,36,40)(H,37,39)/t25-/m0/s1. The molecule has 230 valence electrons. The normalized spacial score (nSPS) is 13.7. The van der Waals surface area contributed by atoms with Crippen molar-refractivity contribution in [3.8, 4) is 28.4 Å². The van der Waals surface area contributed by atoms with Gasteiger partial charge in [0.15, 0.2) is 11.5 Å². The summed E-state index contributed by atoms with van der Waals surface area (Å²) in [5.74, 6) is 0.987. The molecular weight excluding hydrogens is 628 g/mol. The van der Waals surface area contributed by atoms with Crippen LogP contribution in [-0.2, 0) is 22.6 Å². The Labute approximate surface area is 263 Å². The van der Waals surface area contributed by atoms with Gasteiger partial charge in [-0.25, -0.2) is 0 Å². The molecule has 0 aliphatic heterocycles. The molecule has 10 nitrogen and oxygen atoms in total. The predicted octanol–water partition coefficient (Wildman–Crippen LogP) is 4.81. The zero-order valence-electron chi connectivity index (χ0n) is 25.1. The number of carbonyl (C=O) groups excluding carboxylic acids is 2. The first-order valence-electron chi connectivity index (χ1n) is 14.3. The van der Waals surface area contributed by atoms with E-state index in [1.807, 2.05) is 42.6 Å². The van der Waals surface area contributed by atoms with Crippen LogP contribution in [0.15, 0.2) is 64.0 Å². The van der Waals surface area contributed by atoms with Crippen LogP contribution in [0, 0.1) is 0 Å². The molecule has 0 fully saturated rings. The van der Waals surface area contributed by atoms with Gasteiger partial charge < -0.3 is 34.7 Å². The van der Waals surface area contributed by atoms with Gasteiger partial charge in [-0.15, -0.1) is 0 Å². The summed E-state index contributed by atoms with van der Waals surface area (Å²) in [5, 5.41) is 10.0. The van der Waals surface area contributed by atoms with Crippen molar-refractivity contribution in [2.75, 3.05) is 39.7 Å². The molecule has 1 heterocycles. The highest BCUT2D eigenvalue weighted by Gasteiger charge is 2.29. The van der Waals surface area contributed by atoms with Crippen LogP contribution in [0.25, 0.3) is 22.0 Å². The van der Waals surface area contributed by atoms with Crippen molar-refractivity contribution in [2.45, 2.75) is 32.4 Å². The van der Waals surface area contributed by atoms with E-state index in [1.54, 1.807) is 20.3 Å². The first-order chi connectivity index (χ1) is 21.2. The summed E-state index contributed by atoms with van der Waals surface area (Å²) in [6, 6.07) is 14.6. The minimum atomic E-state index is -0.418. The quantitative estimate of drug-likeness (QED) is 0.223. The lowest BCUT2D eigenvalue weighted by molar-refractivity contribution is -0.120. The summed E-state index contributed by atoms with van der Waals surface area (Å²) in [7, 11) is 4.66. The molecule has 1 aliphatic carbocycles. The van der Waals surface area contributed by atoms with Gasteiger partial charge in [0, 0.05) is 41.8 Å². The molecule has 11 heteroatoms. The second-order valence-electron chi connectivity index (χ2n) is 10.5. The Morgan fingerprint density at radius 2 is 1.80 bits per heavy atom. The molecule has 0 spiro atoms. The molecule has 0 saturated carbocycles. The number of methoxy groups -OCH3 is 3. The van der Waals surface area contributed by atoms with E-state index in [-0.39, 0.29) is 29.5 Å². The van der Waals surface area contributed by atoms with Crippen LogP contribution in [0.3, 0.4) is 0 Å². The Morgan fingerprint density at radius 1 is 1.00 bits per heavy atom. The highest BCUT2D eigenvalue weighted by molar-refractivity contribution is 9.10. The summed E-state index contributed by atoms with van der Waals surface area (Å²) >= 11 is 3.51. The Hall–Kier alpha value is -4.51. The van der Waals surface area contributed by atoms with Crippen LogP contribution >= 0.6 is 15.9 Å². The van der Waals surface area contributed by atoms with Gasteiger partial charge in [-0.2, -0.15) is 0 Å². The number of aryl methyl sites for hydroxylation is 1. The van der Waals surface area contributed by atoms with Crippen LogP contribution in [0.5, 0.6) is 17.2 Å². The SMILES string of the molecule is COc1cc2c(c(OC)c1OC)-c1ccc(NCC(=O)NCCn3ccc4ccc(Br)cc43)c(=O)cc1[C@@H](NC(C)=O)CC2. The summed E-state index contributed by atoms with van der Waals surface area (Å²) < 4.78 is 20.1. The van der Waals surface area contributed by atoms with Crippen LogP contribution in [-0.4, -0.2) is 50.8 Å². The first-order valence-corrected chi connectivity index (χ1v) is 15.1. The number of aromatic nitrogens is 1. The first kappa shape index (κ1) is 30.9. The number of carbonyl (C=O) groups is 2. The van der Waals surface area contributed by atoms with Crippen LogP contribution in [0.1, 0.15) is 30.5 Å². The number of amides is 2. The lowest BCUT2D eigenvalue weighted by atomic mass is 9.95. The minimum absolute atomic E-state index is 0.0814. The van der Waals surface area contributed by atoms with E-state index in [1.165, 1.54) is 20.1 Å². The van der Waals surface area contributed by atoms with Gasteiger partial charge in [0.1, 0.15) is 0 Å². The van der Waals surface area contributed by atoms with Gasteiger partial charge in [0.2, 0.25) is 23.0 Å². The van der Waals surface area contributed by atoms with Crippen LogP contribution < -0.4 is 35.6 Å². The van der Waals surface area contributed by atoms with Crippen molar-refractivity contribution >= 4 is 44.3 Å². The number of benzene rings is 2. The van der Waals surface area contributed by atoms with E-state index in [4.69, 9.17) is 14.2 Å². The number of nitrogens with zero attached hydrogens (tertiary/aromatic N) is 1. The van der Waals surface area contributed by atoms with Gasteiger partial charge in [0.25, 0.3) is 0 Å². The molecule has 3 aromatic carbocycles. The molecular formula is C33H35BrN4O6. The average molecular weight is 664 g/mol. The highest BCUT2D eigenvalue weighted by atomic mass is 79.9. The topological polar surface area (TPSA) is 120 Å². The molecule has 4 aromatic rings. The van der Waals surface area contributed by atoms with Gasteiger partial charge in [-0.05, 0) is 71.3 Å². The Morgan fingerprint density at radius 3 is 2.52 bits per heavy atom. The number of hydrogen-bond donors (Lipinski definition) is 3. The number of rotatable bonds is 10. The molecule has 3 N–H and O–H groups in total. The van der Waals surface area contributed by atoms with Crippen molar-refractivity contribution in [2.24, 2.45) is 0 Å². The third-order valence-corrected chi connectivity index (χ3v) is 8.26. The minimum Gasteiger partial charge on any atom is -0.493 e. The highest BCUT2D eigenvalue weighted by Crippen LogP contribution is 2.50. The summed E-state index contributed by atoms with van der Waals surface area (Å²) in [6.07, 6.45) is 3.15. The average Bonchev–Trinajstić information content (AvgIpc) is 3.25. The third kappa shape index (κ3) is 6.37. The molecule has 0 unspecified atom stereocenters. The van der Waals surface area contributed by atoms with E-state index >= 15 is 0 Å². The second kappa shape index (κ2) is 13.4. The number of ether oxygens (including phenoxy) is 3. The van der Waals surface area contributed by atoms with Gasteiger partial charge in [0.05, 0.1) is 39.6 Å². The molecule has 44 heavy (non-hydrogen) atoms. The predicted molar refractivity (Wildman–Crippen MR) is 174 cm³/mol. The zero-order chi connectivity index (χ0) is 31.4. The van der Waals surface area contributed by atoms with E-state index in [9.17, 15) is 14.4 Å². The molecule has 0 radical (unpaired) electrons. The van der Waals surface area contributed by atoms with Crippen molar-refractivity contribution in [3.63, 3.8) is 0 Å². The molecule has 0 saturated heterocycles. The maximum atomic E-state index is 13.5. The summed E-state index contributed by atoms with van der Waals surface area (Å²) in [5.41, 5.74) is 4.09. The lowest BCUT2D eigenvalue weighted by Crippen LogP contribution is -2.33. The molecule has 1 aromatic heterocycles. The number of anilines is 1. The fraction of sp³-hybridized carbons (Fsp3) is 0.303. The van der Waals surface area contributed by atoms with E-state index < -0.39 is 6.04 Å². The van der Waals surface area contributed by atoms with Gasteiger partial charge >= 0.3 is 0 Å². The molecule has 5 rings (SSSR count). The zero-order valence-corrected chi connectivity index (χ0v) is 26.7. The van der Waals surface area contributed by atoms with E-state index in [0.717, 1.165) is 26.5 Å². The van der Waals surface area contributed by atoms with Crippen molar-refractivity contribution < 1.29 is 23.8 Å². The monoisotopic (exact) mass is 662 g/mol. The molecule has 1 atom stereocenters. The van der Waals surface area contributed by atoms with Crippen LogP contribution in [0.4, 0.5) is 5.69 Å². The Bertz CT molecular complexity index is 1790. The molecule has 1 aliphatic rings. The second-order valence-corrected chi connectivity index (χ2v) is 11.4. The maximum absolute atomic E-state index is 13.5. The van der Waals surface area contributed by atoms with Gasteiger partial charge in [-0.3, -0.25) is 14.4 Å². The van der Waals surface area contributed by atoms with E-state index in [0.29, 0.717) is 54.3 Å².